The molecule has 1 aliphatic carbocycles. The molecule has 2 heteroatoms. The molecule has 1 N–H and O–H groups in total. The molecule has 0 aromatic carbocycles. The SMILES string of the molecule is CC(NCc1ccncc1)C1CCCCC1. The van der Waals surface area contributed by atoms with Crippen molar-refractivity contribution < 1.29 is 0 Å². The van der Waals surface area contributed by atoms with Crippen LogP contribution in [0.15, 0.2) is 24.5 Å². The third-order valence-corrected chi connectivity index (χ3v) is 3.73. The van der Waals surface area contributed by atoms with Gasteiger partial charge >= 0.3 is 0 Å². The van der Waals surface area contributed by atoms with Gasteiger partial charge in [0.25, 0.3) is 0 Å². The molecule has 88 valence electrons. The van der Waals surface area contributed by atoms with Crippen molar-refractivity contribution >= 4 is 0 Å². The molecule has 2 rings (SSSR count). The van der Waals surface area contributed by atoms with Crippen LogP contribution < -0.4 is 5.32 Å². The molecule has 1 atom stereocenters. The van der Waals surface area contributed by atoms with E-state index in [4.69, 9.17) is 0 Å². The summed E-state index contributed by atoms with van der Waals surface area (Å²) in [4.78, 5) is 4.03. The summed E-state index contributed by atoms with van der Waals surface area (Å²) < 4.78 is 0. The van der Waals surface area contributed by atoms with Crippen LogP contribution in [0.5, 0.6) is 0 Å². The number of pyridine rings is 1. The van der Waals surface area contributed by atoms with Gasteiger partial charge in [0.05, 0.1) is 0 Å². The molecule has 0 bridgehead atoms. The van der Waals surface area contributed by atoms with Crippen molar-refractivity contribution in [1.82, 2.24) is 10.3 Å². The summed E-state index contributed by atoms with van der Waals surface area (Å²) >= 11 is 0. The summed E-state index contributed by atoms with van der Waals surface area (Å²) in [6.45, 7) is 3.30. The van der Waals surface area contributed by atoms with E-state index in [0.29, 0.717) is 6.04 Å². The first kappa shape index (κ1) is 11.6. The van der Waals surface area contributed by atoms with Gasteiger partial charge in [-0.05, 0) is 43.4 Å². The Morgan fingerprint density at radius 1 is 1.25 bits per heavy atom. The van der Waals surface area contributed by atoms with E-state index >= 15 is 0 Å². The first-order valence-corrected chi connectivity index (χ1v) is 6.48. The number of nitrogens with zero attached hydrogens (tertiary/aromatic N) is 1. The second kappa shape index (κ2) is 6.00. The minimum absolute atomic E-state index is 0.647. The van der Waals surface area contributed by atoms with Gasteiger partial charge in [-0.3, -0.25) is 4.98 Å². The Bertz CT molecular complexity index is 291. The van der Waals surface area contributed by atoms with Crippen LogP contribution >= 0.6 is 0 Å². The molecule has 1 heterocycles. The maximum Gasteiger partial charge on any atom is 0.0271 e. The van der Waals surface area contributed by atoms with Crippen LogP contribution in [0.1, 0.15) is 44.6 Å². The minimum Gasteiger partial charge on any atom is -0.310 e. The average Bonchev–Trinajstić information content (AvgIpc) is 2.38. The summed E-state index contributed by atoms with van der Waals surface area (Å²) in [5.74, 6) is 0.885. The lowest BCUT2D eigenvalue weighted by Crippen LogP contribution is -2.34. The van der Waals surface area contributed by atoms with Gasteiger partial charge < -0.3 is 5.32 Å². The van der Waals surface area contributed by atoms with E-state index in [2.05, 4.69) is 29.4 Å². The lowest BCUT2D eigenvalue weighted by molar-refractivity contribution is 0.280. The highest BCUT2D eigenvalue weighted by molar-refractivity contribution is 5.09. The lowest BCUT2D eigenvalue weighted by Gasteiger charge is -2.28. The van der Waals surface area contributed by atoms with Crippen molar-refractivity contribution in [2.75, 3.05) is 0 Å². The van der Waals surface area contributed by atoms with Crippen LogP contribution in [0.25, 0.3) is 0 Å². The van der Waals surface area contributed by atoms with Crippen LogP contribution in [-0.2, 0) is 6.54 Å². The molecular weight excluding hydrogens is 196 g/mol. The van der Waals surface area contributed by atoms with Crippen LogP contribution in [0.4, 0.5) is 0 Å². The summed E-state index contributed by atoms with van der Waals surface area (Å²) in [6, 6.07) is 4.81. The molecule has 1 aromatic heterocycles. The third-order valence-electron chi connectivity index (χ3n) is 3.73. The smallest absolute Gasteiger partial charge is 0.0271 e. The van der Waals surface area contributed by atoms with Gasteiger partial charge in [-0.25, -0.2) is 0 Å². The average molecular weight is 218 g/mol. The Labute approximate surface area is 98.5 Å². The molecule has 0 amide bonds. The molecular formula is C14H22N2. The van der Waals surface area contributed by atoms with Crippen molar-refractivity contribution in [3.63, 3.8) is 0 Å². The zero-order valence-corrected chi connectivity index (χ0v) is 10.2. The second-order valence-corrected chi connectivity index (χ2v) is 4.92. The van der Waals surface area contributed by atoms with E-state index in [9.17, 15) is 0 Å². The van der Waals surface area contributed by atoms with Crippen molar-refractivity contribution in [2.45, 2.75) is 51.6 Å². The number of nitrogens with one attached hydrogen (secondary N) is 1. The number of rotatable bonds is 4. The van der Waals surface area contributed by atoms with Gasteiger partial charge in [0.1, 0.15) is 0 Å². The maximum absolute atomic E-state index is 4.03. The molecule has 1 saturated carbocycles. The van der Waals surface area contributed by atoms with E-state index in [0.717, 1.165) is 12.5 Å². The van der Waals surface area contributed by atoms with Crippen LogP contribution in [-0.4, -0.2) is 11.0 Å². The number of aromatic nitrogens is 1. The molecule has 2 nitrogen and oxygen atoms in total. The molecule has 1 aliphatic rings. The predicted octanol–water partition coefficient (Wildman–Crippen LogP) is 3.14. The highest BCUT2D eigenvalue weighted by Crippen LogP contribution is 2.26. The minimum atomic E-state index is 0.647. The van der Waals surface area contributed by atoms with Crippen molar-refractivity contribution in [3.05, 3.63) is 30.1 Å². The highest BCUT2D eigenvalue weighted by Gasteiger charge is 2.19. The van der Waals surface area contributed by atoms with Gasteiger partial charge in [-0.1, -0.05) is 19.3 Å². The van der Waals surface area contributed by atoms with Gasteiger partial charge in [0.2, 0.25) is 0 Å². The van der Waals surface area contributed by atoms with E-state index in [1.54, 1.807) is 0 Å². The Morgan fingerprint density at radius 2 is 1.94 bits per heavy atom. The second-order valence-electron chi connectivity index (χ2n) is 4.92. The van der Waals surface area contributed by atoms with Crippen LogP contribution in [0.3, 0.4) is 0 Å². The fourth-order valence-corrected chi connectivity index (χ4v) is 2.58. The van der Waals surface area contributed by atoms with Crippen LogP contribution in [0.2, 0.25) is 0 Å². The standard InChI is InChI=1S/C14H22N2/c1-12(14-5-3-2-4-6-14)16-11-13-7-9-15-10-8-13/h7-10,12,14,16H,2-6,11H2,1H3. The predicted molar refractivity (Wildman–Crippen MR) is 67.1 cm³/mol. The number of hydrogen-bond acceptors (Lipinski definition) is 2. The first-order chi connectivity index (χ1) is 7.86. The number of hydrogen-bond donors (Lipinski definition) is 1. The Hall–Kier alpha value is -0.890. The molecule has 0 aliphatic heterocycles. The summed E-state index contributed by atoms with van der Waals surface area (Å²) in [5.41, 5.74) is 1.33. The van der Waals surface area contributed by atoms with E-state index in [-0.39, 0.29) is 0 Å². The van der Waals surface area contributed by atoms with Gasteiger partial charge in [0, 0.05) is 25.0 Å². The van der Waals surface area contributed by atoms with Gasteiger partial charge in [-0.2, -0.15) is 0 Å². The largest absolute Gasteiger partial charge is 0.310 e. The lowest BCUT2D eigenvalue weighted by atomic mass is 9.84. The summed E-state index contributed by atoms with van der Waals surface area (Å²) in [5, 5.41) is 3.64. The van der Waals surface area contributed by atoms with E-state index in [1.165, 1.54) is 37.7 Å². The zero-order valence-electron chi connectivity index (χ0n) is 10.2. The van der Waals surface area contributed by atoms with E-state index in [1.807, 2.05) is 12.4 Å². The fraction of sp³-hybridized carbons (Fsp3) is 0.643. The van der Waals surface area contributed by atoms with E-state index < -0.39 is 0 Å². The zero-order chi connectivity index (χ0) is 11.2. The molecule has 0 spiro atoms. The highest BCUT2D eigenvalue weighted by atomic mass is 14.9. The quantitative estimate of drug-likeness (QED) is 0.839. The normalized spacial score (nSPS) is 19.6. The van der Waals surface area contributed by atoms with Crippen molar-refractivity contribution in [1.29, 1.82) is 0 Å². The van der Waals surface area contributed by atoms with Gasteiger partial charge in [-0.15, -0.1) is 0 Å². The fourth-order valence-electron chi connectivity index (χ4n) is 2.58. The Morgan fingerprint density at radius 3 is 2.62 bits per heavy atom. The summed E-state index contributed by atoms with van der Waals surface area (Å²) in [6.07, 6.45) is 10.8. The molecule has 1 fully saturated rings. The molecule has 0 radical (unpaired) electrons. The van der Waals surface area contributed by atoms with Crippen molar-refractivity contribution in [2.24, 2.45) is 5.92 Å². The Kier molecular flexibility index (Phi) is 4.34. The topological polar surface area (TPSA) is 24.9 Å². The monoisotopic (exact) mass is 218 g/mol. The van der Waals surface area contributed by atoms with Gasteiger partial charge in [0.15, 0.2) is 0 Å². The molecule has 16 heavy (non-hydrogen) atoms. The molecule has 1 unspecified atom stereocenters. The summed E-state index contributed by atoms with van der Waals surface area (Å²) in [7, 11) is 0. The Balaban J connectivity index is 1.76. The first-order valence-electron chi connectivity index (χ1n) is 6.48. The molecule has 0 saturated heterocycles. The van der Waals surface area contributed by atoms with Crippen molar-refractivity contribution in [3.8, 4) is 0 Å². The maximum atomic E-state index is 4.03. The van der Waals surface area contributed by atoms with Crippen LogP contribution in [0, 0.1) is 5.92 Å². The molecule has 1 aromatic rings. The third kappa shape index (κ3) is 3.31.